The number of ketones is 1. The number of aromatic nitrogens is 1. The van der Waals surface area contributed by atoms with Gasteiger partial charge in [-0.05, 0) is 33.3 Å². The second kappa shape index (κ2) is 6.66. The summed E-state index contributed by atoms with van der Waals surface area (Å²) in [5.41, 5.74) is 8.99. The van der Waals surface area contributed by atoms with Crippen LogP contribution >= 0.6 is 0 Å². The van der Waals surface area contributed by atoms with Gasteiger partial charge in [0.1, 0.15) is 0 Å². The molecule has 1 aromatic rings. The maximum absolute atomic E-state index is 12.5. The Bertz CT molecular complexity index is 686. The number of hydrazine groups is 1. The molecule has 0 radical (unpaired) electrons. The molecule has 8 nitrogen and oxygen atoms in total. The summed E-state index contributed by atoms with van der Waals surface area (Å²) < 4.78 is 1.58. The van der Waals surface area contributed by atoms with Crippen molar-refractivity contribution in [1.82, 2.24) is 15.3 Å². The summed E-state index contributed by atoms with van der Waals surface area (Å²) in [5.74, 6) is 3.64. The summed E-state index contributed by atoms with van der Waals surface area (Å²) in [6.07, 6.45) is 1.99. The van der Waals surface area contributed by atoms with Crippen LogP contribution in [0.5, 0.6) is 0 Å². The van der Waals surface area contributed by atoms with Gasteiger partial charge in [0, 0.05) is 18.9 Å². The Kier molecular flexibility index (Phi) is 5.34. The molecule has 0 saturated heterocycles. The molecule has 0 atom stereocenters. The molecule has 1 rings (SSSR count). The van der Waals surface area contributed by atoms with Crippen LogP contribution in [0.15, 0.2) is 11.9 Å². The lowest BCUT2D eigenvalue weighted by Crippen LogP contribution is -2.50. The van der Waals surface area contributed by atoms with Crippen LogP contribution in [-0.2, 0) is 11.8 Å². The zero-order valence-corrected chi connectivity index (χ0v) is 14.0. The Balaban J connectivity index is 3.15. The van der Waals surface area contributed by atoms with E-state index in [4.69, 9.17) is 11.6 Å². The van der Waals surface area contributed by atoms with E-state index in [1.807, 2.05) is 0 Å². The standard InChI is InChI=1S/C15H23N5O3/c1-8-10(7-21)20(5)9(2)12(8)13(22)14(23)19-15(3,4)11(16)6-18-17/h6-7,18H,16-17H2,1-5H3,(H,19,23)/b11-6-. The van der Waals surface area contributed by atoms with Gasteiger partial charge in [-0.1, -0.05) is 0 Å². The second-order valence-corrected chi connectivity index (χ2v) is 5.82. The fourth-order valence-electron chi connectivity index (χ4n) is 2.30. The lowest BCUT2D eigenvalue weighted by molar-refractivity contribution is -0.118. The maximum atomic E-state index is 12.5. The van der Waals surface area contributed by atoms with E-state index in [1.54, 1.807) is 39.3 Å². The molecule has 0 bridgehead atoms. The van der Waals surface area contributed by atoms with Gasteiger partial charge in [-0.3, -0.25) is 20.2 Å². The highest BCUT2D eigenvalue weighted by Crippen LogP contribution is 2.21. The highest BCUT2D eigenvalue weighted by Gasteiger charge is 2.30. The molecule has 6 N–H and O–H groups in total. The second-order valence-electron chi connectivity index (χ2n) is 5.82. The smallest absolute Gasteiger partial charge is 0.293 e. The number of hydrogen-bond acceptors (Lipinski definition) is 6. The van der Waals surface area contributed by atoms with Crippen LogP contribution in [-0.4, -0.2) is 28.1 Å². The predicted molar refractivity (Wildman–Crippen MR) is 86.4 cm³/mol. The maximum Gasteiger partial charge on any atom is 0.293 e. The average Bonchev–Trinajstić information content (AvgIpc) is 2.68. The molecule has 0 aliphatic heterocycles. The summed E-state index contributed by atoms with van der Waals surface area (Å²) in [5, 5.41) is 2.57. The fourth-order valence-corrected chi connectivity index (χ4v) is 2.30. The molecule has 1 heterocycles. The van der Waals surface area contributed by atoms with Gasteiger partial charge in [-0.15, -0.1) is 0 Å². The zero-order chi connectivity index (χ0) is 17.9. The van der Waals surface area contributed by atoms with Crippen molar-refractivity contribution in [2.75, 3.05) is 0 Å². The summed E-state index contributed by atoms with van der Waals surface area (Å²) in [6, 6.07) is 0. The van der Waals surface area contributed by atoms with Crippen LogP contribution in [0.25, 0.3) is 0 Å². The third kappa shape index (κ3) is 3.42. The Morgan fingerprint density at radius 2 is 1.83 bits per heavy atom. The first-order valence-corrected chi connectivity index (χ1v) is 6.98. The summed E-state index contributed by atoms with van der Waals surface area (Å²) >= 11 is 0. The van der Waals surface area contributed by atoms with Crippen LogP contribution in [0.2, 0.25) is 0 Å². The van der Waals surface area contributed by atoms with Crippen molar-refractivity contribution in [2.24, 2.45) is 18.6 Å². The number of hydrogen-bond donors (Lipinski definition) is 4. The van der Waals surface area contributed by atoms with Crippen LogP contribution in [0.3, 0.4) is 0 Å². The molecule has 0 saturated carbocycles. The topological polar surface area (TPSA) is 132 Å². The van der Waals surface area contributed by atoms with Gasteiger partial charge in [0.25, 0.3) is 11.7 Å². The van der Waals surface area contributed by atoms with Crippen molar-refractivity contribution in [2.45, 2.75) is 33.2 Å². The molecule has 1 amide bonds. The molecule has 0 unspecified atom stereocenters. The number of aldehydes is 1. The number of nitrogens with zero attached hydrogens (tertiary/aromatic N) is 1. The van der Waals surface area contributed by atoms with Gasteiger partial charge in [0.2, 0.25) is 0 Å². The molecular formula is C15H23N5O3. The minimum Gasteiger partial charge on any atom is -0.399 e. The van der Waals surface area contributed by atoms with Gasteiger partial charge in [-0.25, -0.2) is 0 Å². The fraction of sp³-hybridized carbons (Fsp3) is 0.400. The molecule has 126 valence electrons. The molecule has 23 heavy (non-hydrogen) atoms. The van der Waals surface area contributed by atoms with Gasteiger partial charge in [0.15, 0.2) is 6.29 Å². The normalized spacial score (nSPS) is 12.0. The van der Waals surface area contributed by atoms with E-state index in [0.717, 1.165) is 0 Å². The Hall–Kier alpha value is -2.61. The number of Topliss-reactive ketones (excluding diaryl/α,β-unsaturated/α-hetero) is 1. The molecular weight excluding hydrogens is 298 g/mol. The number of rotatable bonds is 6. The highest BCUT2D eigenvalue weighted by atomic mass is 16.2. The highest BCUT2D eigenvalue weighted by molar-refractivity contribution is 6.43. The lowest BCUT2D eigenvalue weighted by Gasteiger charge is -2.26. The lowest BCUT2D eigenvalue weighted by atomic mass is 9.99. The molecule has 0 spiro atoms. The van der Waals surface area contributed by atoms with Crippen LogP contribution in [0, 0.1) is 13.8 Å². The first-order valence-electron chi connectivity index (χ1n) is 6.98. The number of nitrogens with two attached hydrogens (primary N) is 2. The first kappa shape index (κ1) is 18.4. The van der Waals surface area contributed by atoms with E-state index in [0.29, 0.717) is 23.2 Å². The van der Waals surface area contributed by atoms with Crippen molar-refractivity contribution < 1.29 is 14.4 Å². The van der Waals surface area contributed by atoms with Gasteiger partial charge < -0.3 is 21.0 Å². The van der Waals surface area contributed by atoms with Crippen molar-refractivity contribution in [3.05, 3.63) is 34.4 Å². The molecule has 8 heteroatoms. The Morgan fingerprint density at radius 1 is 1.26 bits per heavy atom. The van der Waals surface area contributed by atoms with Crippen molar-refractivity contribution in [1.29, 1.82) is 0 Å². The zero-order valence-electron chi connectivity index (χ0n) is 14.0. The largest absolute Gasteiger partial charge is 0.399 e. The van der Waals surface area contributed by atoms with E-state index in [-0.39, 0.29) is 11.3 Å². The van der Waals surface area contributed by atoms with E-state index in [9.17, 15) is 14.4 Å². The van der Waals surface area contributed by atoms with Crippen LogP contribution < -0.4 is 22.3 Å². The number of nitrogens with one attached hydrogen (secondary N) is 2. The molecule has 1 aromatic heterocycles. The van der Waals surface area contributed by atoms with Gasteiger partial charge in [0.05, 0.1) is 22.5 Å². The van der Waals surface area contributed by atoms with E-state index < -0.39 is 17.2 Å². The summed E-state index contributed by atoms with van der Waals surface area (Å²) in [7, 11) is 1.67. The van der Waals surface area contributed by atoms with E-state index in [2.05, 4.69) is 10.7 Å². The number of carbonyl (C=O) groups excluding carboxylic acids is 3. The Morgan fingerprint density at radius 3 is 2.26 bits per heavy atom. The molecule has 0 aliphatic rings. The minimum absolute atomic E-state index is 0.224. The number of carbonyl (C=O) groups is 3. The quantitative estimate of drug-likeness (QED) is 0.188. The average molecular weight is 321 g/mol. The first-order chi connectivity index (χ1) is 10.6. The summed E-state index contributed by atoms with van der Waals surface area (Å²) in [4.78, 5) is 35.9. The van der Waals surface area contributed by atoms with Gasteiger partial charge in [-0.2, -0.15) is 0 Å². The monoisotopic (exact) mass is 321 g/mol. The van der Waals surface area contributed by atoms with Crippen LogP contribution in [0.1, 0.15) is 46.0 Å². The van der Waals surface area contributed by atoms with Crippen molar-refractivity contribution >= 4 is 18.0 Å². The van der Waals surface area contributed by atoms with Crippen molar-refractivity contribution in [3.63, 3.8) is 0 Å². The van der Waals surface area contributed by atoms with Crippen molar-refractivity contribution in [3.8, 4) is 0 Å². The summed E-state index contributed by atoms with van der Waals surface area (Å²) in [6.45, 7) is 6.60. The van der Waals surface area contributed by atoms with Crippen LogP contribution in [0.4, 0.5) is 0 Å². The third-order valence-corrected chi connectivity index (χ3v) is 3.92. The van der Waals surface area contributed by atoms with E-state index in [1.165, 1.54) is 6.20 Å². The van der Waals surface area contributed by atoms with E-state index >= 15 is 0 Å². The molecule has 0 aliphatic carbocycles. The van der Waals surface area contributed by atoms with Gasteiger partial charge >= 0.3 is 0 Å². The third-order valence-electron chi connectivity index (χ3n) is 3.92. The SMILES string of the molecule is Cc1c(C(=O)C(=O)NC(C)(C)/C(N)=C/NN)c(C)n(C)c1C=O. The molecule has 0 aromatic carbocycles. The predicted octanol–water partition coefficient (Wildman–Crippen LogP) is -0.205. The molecule has 0 fully saturated rings. The Labute approximate surface area is 134 Å². The minimum atomic E-state index is -0.969. The number of amides is 1.